The molecule has 0 atom stereocenters. The second kappa shape index (κ2) is 6.54. The van der Waals surface area contributed by atoms with Gasteiger partial charge in [0.15, 0.2) is 5.69 Å². The van der Waals surface area contributed by atoms with Gasteiger partial charge >= 0.3 is 5.97 Å². The molecule has 1 aromatic carbocycles. The third-order valence-corrected chi connectivity index (χ3v) is 4.61. The highest BCUT2D eigenvalue weighted by atomic mass is 16.6. The van der Waals surface area contributed by atoms with Gasteiger partial charge in [0.25, 0.3) is 11.6 Å². The Morgan fingerprint density at radius 1 is 1.35 bits per heavy atom. The van der Waals surface area contributed by atoms with Crippen molar-refractivity contribution in [1.29, 1.82) is 0 Å². The Morgan fingerprint density at radius 3 is 2.65 bits per heavy atom. The molecule has 1 aliphatic rings. The number of aliphatic carboxylic acids is 1. The molecular weight excluding hydrogens is 342 g/mol. The van der Waals surface area contributed by atoms with Crippen LogP contribution in [0.1, 0.15) is 41.9 Å². The van der Waals surface area contributed by atoms with E-state index in [1.165, 1.54) is 22.9 Å². The van der Waals surface area contributed by atoms with Gasteiger partial charge in [0.2, 0.25) is 0 Å². The third kappa shape index (κ3) is 3.01. The number of nitrogens with one attached hydrogen (secondary N) is 1. The average molecular weight is 359 g/mol. The summed E-state index contributed by atoms with van der Waals surface area (Å²) in [4.78, 5) is 34.5. The Morgan fingerprint density at radius 2 is 2.04 bits per heavy atom. The molecule has 1 fully saturated rings. The second-order valence-corrected chi connectivity index (χ2v) is 6.26. The van der Waals surface area contributed by atoms with Crippen molar-refractivity contribution in [1.82, 2.24) is 20.3 Å². The maximum atomic E-state index is 12.6. The second-order valence-electron chi connectivity index (χ2n) is 6.26. The lowest BCUT2D eigenvalue weighted by Crippen LogP contribution is -2.52. The Hall–Kier alpha value is -3.30. The number of non-ortho nitro benzene ring substituents is 1. The van der Waals surface area contributed by atoms with E-state index in [1.807, 2.05) is 0 Å². The minimum absolute atomic E-state index is 0.0102. The Balaban J connectivity index is 1.89. The summed E-state index contributed by atoms with van der Waals surface area (Å²) in [6, 6.07) is 5.78. The lowest BCUT2D eigenvalue weighted by atomic mass is 9.97. The first-order valence-corrected chi connectivity index (χ1v) is 8.07. The van der Waals surface area contributed by atoms with Crippen molar-refractivity contribution >= 4 is 17.6 Å². The smallest absolute Gasteiger partial charge is 0.329 e. The molecule has 0 unspecified atom stereocenters. The molecule has 1 heterocycles. The molecule has 2 aromatic rings. The van der Waals surface area contributed by atoms with Crippen LogP contribution < -0.4 is 5.32 Å². The van der Waals surface area contributed by atoms with Crippen LogP contribution in [0.3, 0.4) is 0 Å². The first kappa shape index (κ1) is 17.5. The molecule has 10 nitrogen and oxygen atoms in total. The summed E-state index contributed by atoms with van der Waals surface area (Å²) >= 11 is 0. The first-order chi connectivity index (χ1) is 12.3. The van der Waals surface area contributed by atoms with E-state index < -0.39 is 22.3 Å². The number of nitro groups is 1. The lowest BCUT2D eigenvalue weighted by molar-refractivity contribution is -0.384. The molecule has 0 bridgehead atoms. The molecule has 2 N–H and O–H groups in total. The summed E-state index contributed by atoms with van der Waals surface area (Å²) in [7, 11) is 0. The number of nitrogens with zero attached hydrogens (tertiary/aromatic N) is 4. The van der Waals surface area contributed by atoms with Gasteiger partial charge in [-0.2, -0.15) is 0 Å². The van der Waals surface area contributed by atoms with Crippen LogP contribution in [0.2, 0.25) is 0 Å². The predicted molar refractivity (Wildman–Crippen MR) is 89.1 cm³/mol. The summed E-state index contributed by atoms with van der Waals surface area (Å²) in [6.07, 6.45) is 2.19. The van der Waals surface area contributed by atoms with Crippen LogP contribution in [0.5, 0.6) is 0 Å². The molecule has 0 spiro atoms. The molecule has 1 amide bonds. The van der Waals surface area contributed by atoms with E-state index in [0.29, 0.717) is 24.2 Å². The molecule has 3 rings (SSSR count). The zero-order valence-corrected chi connectivity index (χ0v) is 14.0. The van der Waals surface area contributed by atoms with Gasteiger partial charge in [-0.05, 0) is 25.8 Å². The van der Waals surface area contributed by atoms with Crippen LogP contribution in [0.25, 0.3) is 5.69 Å². The summed E-state index contributed by atoms with van der Waals surface area (Å²) in [5.74, 6) is -1.68. The van der Waals surface area contributed by atoms with Crippen LogP contribution in [0.15, 0.2) is 24.3 Å². The zero-order valence-electron chi connectivity index (χ0n) is 14.0. The van der Waals surface area contributed by atoms with E-state index in [0.717, 1.165) is 12.8 Å². The molecule has 0 radical (unpaired) electrons. The van der Waals surface area contributed by atoms with E-state index in [9.17, 15) is 24.8 Å². The van der Waals surface area contributed by atoms with Crippen LogP contribution >= 0.6 is 0 Å². The molecule has 1 aliphatic carbocycles. The topological polar surface area (TPSA) is 140 Å². The number of rotatable bonds is 5. The largest absolute Gasteiger partial charge is 0.480 e. The number of carboxylic acids is 1. The summed E-state index contributed by atoms with van der Waals surface area (Å²) in [6.45, 7) is 1.59. The molecule has 10 heteroatoms. The Bertz CT molecular complexity index is 885. The zero-order chi connectivity index (χ0) is 18.9. The summed E-state index contributed by atoms with van der Waals surface area (Å²) in [5, 5.41) is 30.7. The monoisotopic (exact) mass is 359 g/mol. The van der Waals surface area contributed by atoms with E-state index in [2.05, 4.69) is 15.6 Å². The van der Waals surface area contributed by atoms with Crippen LogP contribution in [0.4, 0.5) is 5.69 Å². The van der Waals surface area contributed by atoms with Crippen LogP contribution in [-0.4, -0.2) is 42.4 Å². The van der Waals surface area contributed by atoms with Crippen molar-refractivity contribution in [3.8, 4) is 5.69 Å². The van der Waals surface area contributed by atoms with Crippen molar-refractivity contribution in [2.45, 2.75) is 38.1 Å². The average Bonchev–Trinajstić information content (AvgIpc) is 3.22. The summed E-state index contributed by atoms with van der Waals surface area (Å²) < 4.78 is 1.31. The van der Waals surface area contributed by atoms with Gasteiger partial charge in [-0.25, -0.2) is 9.48 Å². The van der Waals surface area contributed by atoms with E-state index in [1.54, 1.807) is 13.0 Å². The van der Waals surface area contributed by atoms with Gasteiger partial charge in [0.05, 0.1) is 16.3 Å². The highest BCUT2D eigenvalue weighted by Crippen LogP contribution is 2.30. The standard InChI is InChI=1S/C16H17N5O5/c1-10-13(14(22)17-16(15(23)24)7-2-3-8-16)18-19-20(10)11-5-4-6-12(9-11)21(25)26/h4-6,9H,2-3,7-8H2,1H3,(H,17,22)(H,23,24). The molecule has 136 valence electrons. The van der Waals surface area contributed by atoms with Gasteiger partial charge in [0.1, 0.15) is 5.54 Å². The van der Waals surface area contributed by atoms with Crippen molar-refractivity contribution in [2.24, 2.45) is 0 Å². The molecule has 0 saturated heterocycles. The fraction of sp³-hybridized carbons (Fsp3) is 0.375. The van der Waals surface area contributed by atoms with Gasteiger partial charge in [-0.3, -0.25) is 14.9 Å². The minimum atomic E-state index is -1.28. The maximum absolute atomic E-state index is 12.6. The number of carbonyl (C=O) groups is 2. The van der Waals surface area contributed by atoms with Crippen LogP contribution in [-0.2, 0) is 4.79 Å². The van der Waals surface area contributed by atoms with Crippen molar-refractivity contribution in [3.05, 3.63) is 45.8 Å². The number of amides is 1. The normalized spacial score (nSPS) is 15.6. The molecular formula is C16H17N5O5. The van der Waals surface area contributed by atoms with Gasteiger partial charge in [-0.15, -0.1) is 5.10 Å². The minimum Gasteiger partial charge on any atom is -0.480 e. The SMILES string of the molecule is Cc1c(C(=O)NC2(C(=O)O)CCCC2)nnn1-c1cccc([N+](=O)[O-])c1. The van der Waals surface area contributed by atoms with Gasteiger partial charge in [0, 0.05) is 12.1 Å². The first-order valence-electron chi connectivity index (χ1n) is 8.07. The number of hydrogen-bond donors (Lipinski definition) is 2. The Kier molecular flexibility index (Phi) is 4.41. The van der Waals surface area contributed by atoms with E-state index >= 15 is 0 Å². The predicted octanol–water partition coefficient (Wildman–Crippen LogP) is 1.61. The molecule has 26 heavy (non-hydrogen) atoms. The lowest BCUT2D eigenvalue weighted by Gasteiger charge is -2.24. The fourth-order valence-electron chi connectivity index (χ4n) is 3.17. The number of hydrogen-bond acceptors (Lipinski definition) is 6. The molecule has 0 aliphatic heterocycles. The quantitative estimate of drug-likeness (QED) is 0.610. The maximum Gasteiger partial charge on any atom is 0.329 e. The van der Waals surface area contributed by atoms with Gasteiger partial charge < -0.3 is 10.4 Å². The highest BCUT2D eigenvalue weighted by Gasteiger charge is 2.43. The number of aromatic nitrogens is 3. The number of carboxylic acid groups (broad SMARTS) is 1. The molecule has 1 aromatic heterocycles. The highest BCUT2D eigenvalue weighted by molar-refractivity contribution is 5.97. The van der Waals surface area contributed by atoms with Crippen molar-refractivity contribution in [2.75, 3.05) is 0 Å². The number of nitro benzene ring substituents is 1. The third-order valence-electron chi connectivity index (χ3n) is 4.61. The van der Waals surface area contributed by atoms with Crippen molar-refractivity contribution in [3.63, 3.8) is 0 Å². The van der Waals surface area contributed by atoms with Gasteiger partial charge in [-0.1, -0.05) is 24.1 Å². The fourth-order valence-corrected chi connectivity index (χ4v) is 3.17. The van der Waals surface area contributed by atoms with E-state index in [4.69, 9.17) is 0 Å². The molecule has 1 saturated carbocycles. The van der Waals surface area contributed by atoms with Crippen LogP contribution in [0, 0.1) is 17.0 Å². The summed E-state index contributed by atoms with van der Waals surface area (Å²) in [5.41, 5.74) is -0.652. The Labute approximate surface area is 148 Å². The number of benzene rings is 1. The number of carbonyl (C=O) groups excluding carboxylic acids is 1. The van der Waals surface area contributed by atoms with Crippen molar-refractivity contribution < 1.29 is 19.6 Å². The van der Waals surface area contributed by atoms with E-state index in [-0.39, 0.29) is 11.4 Å².